The smallest absolute Gasteiger partial charge is 0.242 e. The molecule has 1 saturated carbocycles. The number of nitrogens with one attached hydrogen (secondary N) is 2. The van der Waals surface area contributed by atoms with Crippen molar-refractivity contribution in [2.75, 3.05) is 6.54 Å². The Bertz CT molecular complexity index is 420. The van der Waals surface area contributed by atoms with Gasteiger partial charge >= 0.3 is 0 Å². The van der Waals surface area contributed by atoms with Gasteiger partial charge in [0.15, 0.2) is 0 Å². The summed E-state index contributed by atoms with van der Waals surface area (Å²) in [6.45, 7) is 0.320. The third kappa shape index (κ3) is 2.22. The minimum absolute atomic E-state index is 0.255. The van der Waals surface area contributed by atoms with Crippen LogP contribution in [0, 0.1) is 0 Å². The van der Waals surface area contributed by atoms with Crippen LogP contribution in [0.25, 0.3) is 0 Å². The summed E-state index contributed by atoms with van der Waals surface area (Å²) in [5.74, 6) is 0. The molecule has 15 heavy (non-hydrogen) atoms. The number of nitrogens with two attached hydrogens (primary N) is 1. The van der Waals surface area contributed by atoms with Gasteiger partial charge in [0, 0.05) is 24.5 Å². The molecule has 0 bridgehead atoms. The monoisotopic (exact) mass is 229 g/mol. The maximum Gasteiger partial charge on any atom is 0.242 e. The van der Waals surface area contributed by atoms with Crippen molar-refractivity contribution in [3.8, 4) is 0 Å². The molecule has 0 radical (unpaired) electrons. The van der Waals surface area contributed by atoms with E-state index in [0.29, 0.717) is 6.54 Å². The quantitative estimate of drug-likeness (QED) is 0.688. The van der Waals surface area contributed by atoms with E-state index in [2.05, 4.69) is 9.71 Å². The van der Waals surface area contributed by atoms with Gasteiger partial charge in [0.05, 0.1) is 4.90 Å². The number of rotatable bonds is 4. The van der Waals surface area contributed by atoms with Gasteiger partial charge in [-0.15, -0.1) is 0 Å². The predicted octanol–water partition coefficient (Wildman–Crippen LogP) is 0.174. The highest BCUT2D eigenvalue weighted by Crippen LogP contribution is 2.28. The molecular formula is C9H15N3O2S. The Balaban J connectivity index is 2.00. The van der Waals surface area contributed by atoms with Crippen LogP contribution in [0.2, 0.25) is 0 Å². The Kier molecular flexibility index (Phi) is 2.57. The van der Waals surface area contributed by atoms with E-state index in [1.54, 1.807) is 6.20 Å². The van der Waals surface area contributed by atoms with Gasteiger partial charge in [-0.1, -0.05) is 0 Å². The van der Waals surface area contributed by atoms with E-state index in [1.807, 2.05) is 0 Å². The Morgan fingerprint density at radius 3 is 2.73 bits per heavy atom. The number of H-pyrrole nitrogens is 1. The highest BCUT2D eigenvalue weighted by molar-refractivity contribution is 7.89. The first-order chi connectivity index (χ1) is 7.02. The average molecular weight is 229 g/mol. The molecule has 4 N–H and O–H groups in total. The summed E-state index contributed by atoms with van der Waals surface area (Å²) in [4.78, 5) is 2.97. The van der Waals surface area contributed by atoms with E-state index < -0.39 is 10.0 Å². The molecule has 0 aliphatic heterocycles. The Morgan fingerprint density at radius 1 is 1.53 bits per heavy atom. The first-order valence-electron chi connectivity index (χ1n) is 4.93. The second-order valence-electron chi connectivity index (χ2n) is 4.09. The fraction of sp³-hybridized carbons (Fsp3) is 0.556. The van der Waals surface area contributed by atoms with E-state index in [0.717, 1.165) is 19.3 Å². The Morgan fingerprint density at radius 2 is 2.27 bits per heavy atom. The second-order valence-corrected chi connectivity index (χ2v) is 5.85. The van der Waals surface area contributed by atoms with Crippen LogP contribution in [0.4, 0.5) is 0 Å². The Hall–Kier alpha value is -0.850. The number of aromatic amines is 1. The fourth-order valence-electron chi connectivity index (χ4n) is 1.61. The summed E-state index contributed by atoms with van der Waals surface area (Å²) in [6, 6.07) is 1.52. The van der Waals surface area contributed by atoms with Crippen LogP contribution in [-0.2, 0) is 10.0 Å². The van der Waals surface area contributed by atoms with E-state index in [4.69, 9.17) is 5.73 Å². The molecule has 6 heteroatoms. The lowest BCUT2D eigenvalue weighted by Crippen LogP contribution is -2.54. The number of aromatic nitrogens is 1. The van der Waals surface area contributed by atoms with Crippen molar-refractivity contribution < 1.29 is 8.42 Å². The van der Waals surface area contributed by atoms with Gasteiger partial charge in [-0.05, 0) is 25.3 Å². The van der Waals surface area contributed by atoms with Crippen molar-refractivity contribution in [1.82, 2.24) is 9.71 Å². The SMILES string of the molecule is NC1(CNS(=O)(=O)c2cc[nH]c2)CCC1. The van der Waals surface area contributed by atoms with Crippen LogP contribution < -0.4 is 10.5 Å². The standard InChI is InChI=1S/C9H15N3O2S/c10-9(3-1-4-9)7-12-15(13,14)8-2-5-11-6-8/h2,5-6,11-12H,1,3-4,7,10H2. The molecule has 0 amide bonds. The molecule has 1 fully saturated rings. The number of hydrogen-bond acceptors (Lipinski definition) is 3. The lowest BCUT2D eigenvalue weighted by Gasteiger charge is -2.37. The topological polar surface area (TPSA) is 88.0 Å². The van der Waals surface area contributed by atoms with Gasteiger partial charge in [-0.3, -0.25) is 0 Å². The first kappa shape index (κ1) is 10.7. The van der Waals surface area contributed by atoms with Crippen molar-refractivity contribution in [2.45, 2.75) is 29.7 Å². The maximum atomic E-state index is 11.7. The van der Waals surface area contributed by atoms with E-state index >= 15 is 0 Å². The molecule has 0 spiro atoms. The molecule has 0 atom stereocenters. The number of hydrogen-bond donors (Lipinski definition) is 3. The molecule has 2 rings (SSSR count). The lowest BCUT2D eigenvalue weighted by molar-refractivity contribution is 0.251. The minimum atomic E-state index is -3.39. The highest BCUT2D eigenvalue weighted by Gasteiger charge is 2.33. The molecule has 5 nitrogen and oxygen atoms in total. The van der Waals surface area contributed by atoms with Crippen molar-refractivity contribution in [3.63, 3.8) is 0 Å². The van der Waals surface area contributed by atoms with Gasteiger partial charge in [0.1, 0.15) is 0 Å². The average Bonchev–Trinajstić information content (AvgIpc) is 2.65. The van der Waals surface area contributed by atoms with Gasteiger partial charge < -0.3 is 10.7 Å². The summed E-state index contributed by atoms with van der Waals surface area (Å²) in [6.07, 6.45) is 5.90. The fourth-order valence-corrected chi connectivity index (χ4v) is 2.72. The maximum absolute atomic E-state index is 11.7. The zero-order chi connectivity index (χ0) is 10.9. The van der Waals surface area contributed by atoms with E-state index in [9.17, 15) is 8.42 Å². The predicted molar refractivity (Wildman–Crippen MR) is 56.8 cm³/mol. The third-order valence-corrected chi connectivity index (χ3v) is 4.24. The normalized spacial score (nSPS) is 19.8. The molecule has 0 unspecified atom stereocenters. The van der Waals surface area contributed by atoms with Crippen molar-refractivity contribution >= 4 is 10.0 Å². The van der Waals surface area contributed by atoms with Gasteiger partial charge in [-0.25, -0.2) is 13.1 Å². The van der Waals surface area contributed by atoms with Crippen molar-refractivity contribution in [1.29, 1.82) is 0 Å². The number of sulfonamides is 1. The molecule has 1 heterocycles. The second kappa shape index (κ2) is 3.62. The van der Waals surface area contributed by atoms with Gasteiger partial charge in [0.25, 0.3) is 0 Å². The first-order valence-corrected chi connectivity index (χ1v) is 6.42. The molecule has 84 valence electrons. The Labute approximate surface area is 89.1 Å². The summed E-state index contributed by atoms with van der Waals surface area (Å²) in [5, 5.41) is 0. The van der Waals surface area contributed by atoms with Crippen LogP contribution in [0.1, 0.15) is 19.3 Å². The molecule has 1 aromatic rings. The van der Waals surface area contributed by atoms with Gasteiger partial charge in [-0.2, -0.15) is 0 Å². The largest absolute Gasteiger partial charge is 0.366 e. The van der Waals surface area contributed by atoms with Crippen LogP contribution in [-0.4, -0.2) is 25.5 Å². The van der Waals surface area contributed by atoms with Crippen molar-refractivity contribution in [2.24, 2.45) is 5.73 Å². The van der Waals surface area contributed by atoms with Crippen molar-refractivity contribution in [3.05, 3.63) is 18.5 Å². The molecular weight excluding hydrogens is 214 g/mol. The summed E-state index contributed by atoms with van der Waals surface area (Å²) >= 11 is 0. The zero-order valence-electron chi connectivity index (χ0n) is 8.36. The van der Waals surface area contributed by atoms with E-state index in [-0.39, 0.29) is 10.4 Å². The zero-order valence-corrected chi connectivity index (χ0v) is 9.18. The van der Waals surface area contributed by atoms with Crippen LogP contribution in [0.3, 0.4) is 0 Å². The summed E-state index contributed by atoms with van der Waals surface area (Å²) < 4.78 is 25.9. The minimum Gasteiger partial charge on any atom is -0.366 e. The third-order valence-electron chi connectivity index (χ3n) is 2.84. The van der Waals surface area contributed by atoms with E-state index in [1.165, 1.54) is 12.3 Å². The van der Waals surface area contributed by atoms with Crippen LogP contribution in [0.5, 0.6) is 0 Å². The highest BCUT2D eigenvalue weighted by atomic mass is 32.2. The lowest BCUT2D eigenvalue weighted by atomic mass is 9.78. The molecule has 1 aromatic heterocycles. The molecule has 0 saturated heterocycles. The van der Waals surface area contributed by atoms with Crippen LogP contribution >= 0.6 is 0 Å². The van der Waals surface area contributed by atoms with Crippen LogP contribution in [0.15, 0.2) is 23.4 Å². The molecule has 1 aliphatic carbocycles. The molecule has 1 aliphatic rings. The summed E-state index contributed by atoms with van der Waals surface area (Å²) in [5.41, 5.74) is 5.60. The summed E-state index contributed by atoms with van der Waals surface area (Å²) in [7, 11) is -3.39. The molecule has 0 aromatic carbocycles. The van der Waals surface area contributed by atoms with Gasteiger partial charge in [0.2, 0.25) is 10.0 Å².